The summed E-state index contributed by atoms with van der Waals surface area (Å²) in [6, 6.07) is 16.7. The molecule has 3 aromatic rings. The number of amides is 1. The van der Waals surface area contributed by atoms with Crippen molar-refractivity contribution in [1.82, 2.24) is 9.80 Å². The third kappa shape index (κ3) is 6.40. The number of nitrogens with zero attached hydrogens (tertiary/aromatic N) is 2. The predicted octanol–water partition coefficient (Wildman–Crippen LogP) is 5.01. The lowest BCUT2D eigenvalue weighted by molar-refractivity contribution is 0.0639. The minimum absolute atomic E-state index is 0. The highest BCUT2D eigenvalue weighted by Crippen LogP contribution is 2.44. The molecule has 1 atom stereocenters. The normalized spacial score (nSPS) is 16.2. The molecular weight excluding hydrogens is 580 g/mol. The summed E-state index contributed by atoms with van der Waals surface area (Å²) in [5, 5.41) is 9.56. The van der Waals surface area contributed by atoms with E-state index in [2.05, 4.69) is 17.0 Å². The zero-order valence-electron chi connectivity index (χ0n) is 23.8. The number of hydrogen-bond donors (Lipinski definition) is 1. The number of carbonyl (C=O) groups is 2. The topological polar surface area (TPSA) is 97.8 Å². The van der Waals surface area contributed by atoms with Gasteiger partial charge in [-0.15, -0.1) is 24.2 Å². The van der Waals surface area contributed by atoms with E-state index in [4.69, 9.17) is 18.9 Å². The van der Waals surface area contributed by atoms with Crippen LogP contribution in [0.15, 0.2) is 54.6 Å². The van der Waals surface area contributed by atoms with Gasteiger partial charge in [0.1, 0.15) is 12.4 Å². The maximum Gasteiger partial charge on any atom is 0.335 e. The Hall–Kier alpha value is -3.60. The molecule has 2 aliphatic rings. The maximum absolute atomic E-state index is 13.4. The summed E-state index contributed by atoms with van der Waals surface area (Å²) < 4.78 is 22.4. The minimum Gasteiger partial charge on any atom is -0.493 e. The third-order valence-corrected chi connectivity index (χ3v) is 8.81. The molecule has 0 radical (unpaired) electrons. The first-order chi connectivity index (χ1) is 19.9. The van der Waals surface area contributed by atoms with Gasteiger partial charge in [0.2, 0.25) is 5.75 Å². The van der Waals surface area contributed by atoms with Crippen molar-refractivity contribution in [2.75, 3.05) is 59.8 Å². The number of ether oxygens (including phenoxy) is 4. The summed E-state index contributed by atoms with van der Waals surface area (Å²) >= 11 is 1.79. The molecule has 11 heteroatoms. The van der Waals surface area contributed by atoms with E-state index in [1.807, 2.05) is 17.0 Å². The van der Waals surface area contributed by atoms with Crippen LogP contribution in [0.5, 0.6) is 23.0 Å². The fourth-order valence-corrected chi connectivity index (χ4v) is 6.73. The van der Waals surface area contributed by atoms with E-state index in [0.717, 1.165) is 47.8 Å². The Morgan fingerprint density at radius 1 is 0.929 bits per heavy atom. The average Bonchev–Trinajstić information content (AvgIpc) is 3.16. The Balaban J connectivity index is 0.00000405. The number of halogens is 1. The molecule has 1 amide bonds. The second kappa shape index (κ2) is 14.0. The number of benzene rings is 3. The highest BCUT2D eigenvalue weighted by Gasteiger charge is 2.29. The van der Waals surface area contributed by atoms with Crippen molar-refractivity contribution in [2.24, 2.45) is 0 Å². The first-order valence-electron chi connectivity index (χ1n) is 13.4. The van der Waals surface area contributed by atoms with Crippen molar-refractivity contribution in [1.29, 1.82) is 0 Å². The van der Waals surface area contributed by atoms with Gasteiger partial charge in [0.05, 0.1) is 37.7 Å². The van der Waals surface area contributed by atoms with Gasteiger partial charge in [-0.25, -0.2) is 4.79 Å². The molecule has 1 N–H and O–H groups in total. The van der Waals surface area contributed by atoms with E-state index >= 15 is 0 Å². The molecular formula is C31H35ClN2O7S. The molecule has 0 spiro atoms. The third-order valence-electron chi connectivity index (χ3n) is 7.55. The molecule has 0 aliphatic carbocycles. The Kier molecular flexibility index (Phi) is 10.5. The zero-order chi connectivity index (χ0) is 28.9. The number of thioether (sulfide) groups is 1. The number of carboxylic acids is 1. The van der Waals surface area contributed by atoms with Gasteiger partial charge in [-0.1, -0.05) is 24.3 Å². The molecule has 0 bridgehead atoms. The maximum atomic E-state index is 13.4. The van der Waals surface area contributed by atoms with Crippen molar-refractivity contribution in [3.63, 3.8) is 0 Å². The van der Waals surface area contributed by atoms with Crippen molar-refractivity contribution in [3.05, 3.63) is 82.4 Å². The first-order valence-corrected chi connectivity index (χ1v) is 14.5. The molecule has 224 valence electrons. The fourth-order valence-electron chi connectivity index (χ4n) is 5.36. The van der Waals surface area contributed by atoms with E-state index in [1.54, 1.807) is 49.2 Å². The molecule has 1 unspecified atom stereocenters. The van der Waals surface area contributed by atoms with Crippen LogP contribution in [-0.4, -0.2) is 86.6 Å². The molecule has 3 aromatic carbocycles. The van der Waals surface area contributed by atoms with Crippen LogP contribution in [0, 0.1) is 0 Å². The molecule has 2 heterocycles. The first kappa shape index (κ1) is 31.3. The number of hydrogen-bond acceptors (Lipinski definition) is 8. The lowest BCUT2D eigenvalue weighted by Gasteiger charge is -2.35. The van der Waals surface area contributed by atoms with E-state index in [-0.39, 0.29) is 29.1 Å². The number of fused-ring (bicyclic) bond motifs is 2. The van der Waals surface area contributed by atoms with Gasteiger partial charge >= 0.3 is 5.97 Å². The second-order valence-corrected chi connectivity index (χ2v) is 11.0. The summed E-state index contributed by atoms with van der Waals surface area (Å²) in [5.41, 5.74) is 3.85. The van der Waals surface area contributed by atoms with Gasteiger partial charge in [-0.05, 0) is 41.5 Å². The SMILES string of the molecule is COc1ccc(C(=O)N2CCN(CCSC3c4ccccc4COc4ccc(C(=O)O)cc43)CC2)c(OC)c1OC.Cl. The summed E-state index contributed by atoms with van der Waals surface area (Å²) in [7, 11) is 4.59. The van der Waals surface area contributed by atoms with Crippen molar-refractivity contribution < 1.29 is 33.6 Å². The molecule has 5 rings (SSSR count). The lowest BCUT2D eigenvalue weighted by atomic mass is 9.98. The summed E-state index contributed by atoms with van der Waals surface area (Å²) in [6.45, 7) is 4.02. The number of carbonyl (C=O) groups excluding carboxylic acids is 1. The number of carboxylic acid groups (broad SMARTS) is 1. The van der Waals surface area contributed by atoms with Crippen LogP contribution in [0.3, 0.4) is 0 Å². The average molecular weight is 615 g/mol. The van der Waals surface area contributed by atoms with Crippen LogP contribution in [0.4, 0.5) is 0 Å². The predicted molar refractivity (Wildman–Crippen MR) is 164 cm³/mol. The number of piperazine rings is 1. The van der Waals surface area contributed by atoms with Gasteiger partial charge < -0.3 is 29.0 Å². The largest absolute Gasteiger partial charge is 0.493 e. The number of methoxy groups -OCH3 is 3. The Morgan fingerprint density at radius 2 is 1.67 bits per heavy atom. The standard InChI is InChI=1S/C31H34N2O7S.ClH/c1-37-26-11-9-23(27(38-2)28(26)39-3)30(34)33-14-12-32(13-15-33)16-17-41-29-22-7-5-4-6-21(22)19-40-25-10-8-20(31(35)36)18-24(25)29;/h4-11,18,29H,12-17,19H2,1-3H3,(H,35,36);1H. The van der Waals surface area contributed by atoms with E-state index in [9.17, 15) is 14.7 Å². The zero-order valence-corrected chi connectivity index (χ0v) is 25.5. The van der Waals surface area contributed by atoms with Crippen molar-refractivity contribution in [2.45, 2.75) is 11.9 Å². The summed E-state index contributed by atoms with van der Waals surface area (Å²) in [6.07, 6.45) is 0. The number of aromatic carboxylic acids is 1. The smallest absolute Gasteiger partial charge is 0.335 e. The van der Waals surface area contributed by atoms with Crippen LogP contribution in [-0.2, 0) is 6.61 Å². The number of rotatable bonds is 9. The molecule has 2 aliphatic heterocycles. The molecule has 1 saturated heterocycles. The van der Waals surface area contributed by atoms with Crippen molar-refractivity contribution >= 4 is 36.0 Å². The van der Waals surface area contributed by atoms with Crippen LogP contribution in [0.25, 0.3) is 0 Å². The van der Waals surface area contributed by atoms with E-state index in [1.165, 1.54) is 14.2 Å². The van der Waals surface area contributed by atoms with Crippen LogP contribution in [0.1, 0.15) is 42.7 Å². The molecule has 0 saturated carbocycles. The van der Waals surface area contributed by atoms with Gasteiger partial charge in [-0.2, -0.15) is 0 Å². The van der Waals surface area contributed by atoms with Gasteiger partial charge in [0.25, 0.3) is 5.91 Å². The van der Waals surface area contributed by atoms with Crippen LogP contribution >= 0.6 is 24.2 Å². The van der Waals surface area contributed by atoms with Crippen molar-refractivity contribution in [3.8, 4) is 23.0 Å². The Morgan fingerprint density at radius 3 is 2.36 bits per heavy atom. The highest BCUT2D eigenvalue weighted by molar-refractivity contribution is 7.99. The van der Waals surface area contributed by atoms with Crippen LogP contribution < -0.4 is 18.9 Å². The van der Waals surface area contributed by atoms with Gasteiger partial charge in [0, 0.05) is 44.0 Å². The Bertz CT molecular complexity index is 1430. The minimum atomic E-state index is -0.952. The fraction of sp³-hybridized carbons (Fsp3) is 0.355. The second-order valence-electron chi connectivity index (χ2n) is 9.81. The van der Waals surface area contributed by atoms with E-state index in [0.29, 0.717) is 42.5 Å². The quantitative estimate of drug-likeness (QED) is 0.357. The lowest BCUT2D eigenvalue weighted by Crippen LogP contribution is -2.49. The summed E-state index contributed by atoms with van der Waals surface area (Å²) in [5.74, 6) is 1.79. The summed E-state index contributed by atoms with van der Waals surface area (Å²) in [4.78, 5) is 29.3. The molecule has 9 nitrogen and oxygen atoms in total. The van der Waals surface area contributed by atoms with E-state index < -0.39 is 5.97 Å². The van der Waals surface area contributed by atoms with Crippen LogP contribution in [0.2, 0.25) is 0 Å². The van der Waals surface area contributed by atoms with Gasteiger partial charge in [0.15, 0.2) is 11.5 Å². The van der Waals surface area contributed by atoms with Gasteiger partial charge in [-0.3, -0.25) is 9.69 Å². The highest BCUT2D eigenvalue weighted by atomic mass is 35.5. The Labute approximate surface area is 256 Å². The molecule has 1 fully saturated rings. The monoisotopic (exact) mass is 614 g/mol. The molecule has 0 aromatic heterocycles. The molecule has 42 heavy (non-hydrogen) atoms.